The summed E-state index contributed by atoms with van der Waals surface area (Å²) in [5.41, 5.74) is 5.03. The fourth-order valence-corrected chi connectivity index (χ4v) is 2.48. The smallest absolute Gasteiger partial charge is 0.289 e. The van der Waals surface area contributed by atoms with Crippen LogP contribution in [0.25, 0.3) is 11.3 Å². The van der Waals surface area contributed by atoms with Crippen LogP contribution in [0.15, 0.2) is 59.7 Å². The molecule has 0 aliphatic rings. The summed E-state index contributed by atoms with van der Waals surface area (Å²) < 4.78 is 10.8. The lowest BCUT2D eigenvalue weighted by atomic mass is 10.1. The monoisotopic (exact) mass is 364 g/mol. The number of rotatable bonds is 7. The number of hydrogen-bond donors (Lipinski definition) is 2. The van der Waals surface area contributed by atoms with Crippen molar-refractivity contribution < 1.29 is 14.3 Å². The van der Waals surface area contributed by atoms with Crippen molar-refractivity contribution in [3.63, 3.8) is 0 Å². The molecule has 0 aliphatic heterocycles. The SMILES string of the molecule is CCOc1ccccc1-c1cc(C(=O)N/N=C/c2cccc(OC)c2)[nH]n1. The van der Waals surface area contributed by atoms with Crippen molar-refractivity contribution in [3.05, 3.63) is 65.9 Å². The highest BCUT2D eigenvalue weighted by atomic mass is 16.5. The molecule has 138 valence electrons. The second-order valence-electron chi connectivity index (χ2n) is 5.57. The second kappa shape index (κ2) is 8.66. The number of hydrogen-bond acceptors (Lipinski definition) is 5. The molecule has 1 heterocycles. The third-order valence-electron chi connectivity index (χ3n) is 3.76. The Balaban J connectivity index is 1.69. The summed E-state index contributed by atoms with van der Waals surface area (Å²) in [5.74, 6) is 1.05. The summed E-state index contributed by atoms with van der Waals surface area (Å²) in [4.78, 5) is 12.3. The number of methoxy groups -OCH3 is 1. The number of nitrogens with zero attached hydrogens (tertiary/aromatic N) is 2. The Kier molecular flexibility index (Phi) is 5.84. The van der Waals surface area contributed by atoms with Crippen LogP contribution in [-0.2, 0) is 0 Å². The first-order chi connectivity index (χ1) is 13.2. The van der Waals surface area contributed by atoms with Crippen LogP contribution < -0.4 is 14.9 Å². The molecular formula is C20H20N4O3. The summed E-state index contributed by atoms with van der Waals surface area (Å²) in [7, 11) is 1.59. The predicted molar refractivity (Wildman–Crippen MR) is 103 cm³/mol. The Morgan fingerprint density at radius 3 is 2.89 bits per heavy atom. The first-order valence-electron chi connectivity index (χ1n) is 8.46. The Morgan fingerprint density at radius 1 is 1.22 bits per heavy atom. The summed E-state index contributed by atoms with van der Waals surface area (Å²) in [5, 5.41) is 10.9. The Hall–Kier alpha value is -3.61. The van der Waals surface area contributed by atoms with Gasteiger partial charge in [0, 0.05) is 5.56 Å². The van der Waals surface area contributed by atoms with Gasteiger partial charge in [0.1, 0.15) is 17.2 Å². The first-order valence-corrected chi connectivity index (χ1v) is 8.46. The lowest BCUT2D eigenvalue weighted by Gasteiger charge is -2.07. The van der Waals surface area contributed by atoms with E-state index in [1.165, 1.54) is 0 Å². The highest BCUT2D eigenvalue weighted by Gasteiger charge is 2.13. The normalized spacial score (nSPS) is 10.7. The zero-order valence-electron chi connectivity index (χ0n) is 15.1. The van der Waals surface area contributed by atoms with Crippen molar-refractivity contribution in [2.45, 2.75) is 6.92 Å². The van der Waals surface area contributed by atoms with E-state index < -0.39 is 0 Å². The van der Waals surface area contributed by atoms with Gasteiger partial charge in [0.25, 0.3) is 5.91 Å². The van der Waals surface area contributed by atoms with Crippen LogP contribution in [0, 0.1) is 0 Å². The highest BCUT2D eigenvalue weighted by Crippen LogP contribution is 2.28. The highest BCUT2D eigenvalue weighted by molar-refractivity contribution is 5.94. The third kappa shape index (κ3) is 4.52. The second-order valence-corrected chi connectivity index (χ2v) is 5.57. The van der Waals surface area contributed by atoms with Crippen molar-refractivity contribution in [2.75, 3.05) is 13.7 Å². The van der Waals surface area contributed by atoms with Crippen LogP contribution in [0.3, 0.4) is 0 Å². The number of nitrogens with one attached hydrogen (secondary N) is 2. The minimum absolute atomic E-state index is 0.305. The minimum Gasteiger partial charge on any atom is -0.497 e. The molecule has 27 heavy (non-hydrogen) atoms. The van der Waals surface area contributed by atoms with E-state index in [2.05, 4.69) is 20.7 Å². The van der Waals surface area contributed by atoms with Crippen LogP contribution >= 0.6 is 0 Å². The molecule has 0 fully saturated rings. The van der Waals surface area contributed by atoms with Crippen molar-refractivity contribution in [1.82, 2.24) is 15.6 Å². The molecule has 0 saturated heterocycles. The fourth-order valence-electron chi connectivity index (χ4n) is 2.48. The van der Waals surface area contributed by atoms with E-state index in [4.69, 9.17) is 9.47 Å². The van der Waals surface area contributed by atoms with Crippen LogP contribution in [0.5, 0.6) is 11.5 Å². The molecule has 0 bridgehead atoms. The first kappa shape index (κ1) is 18.2. The number of aromatic nitrogens is 2. The van der Waals surface area contributed by atoms with Crippen molar-refractivity contribution in [2.24, 2.45) is 5.10 Å². The quantitative estimate of drug-likeness (QED) is 0.497. The van der Waals surface area contributed by atoms with Crippen LogP contribution in [-0.4, -0.2) is 36.0 Å². The van der Waals surface area contributed by atoms with Crippen LogP contribution in [0.2, 0.25) is 0 Å². The standard InChI is InChI=1S/C20H20N4O3/c1-3-27-19-10-5-4-9-16(19)17-12-18(23-22-17)20(25)24-21-13-14-7-6-8-15(11-14)26-2/h4-13H,3H2,1-2H3,(H,22,23)(H,24,25)/b21-13+. The van der Waals surface area contributed by atoms with Gasteiger partial charge in [-0.1, -0.05) is 24.3 Å². The number of carbonyl (C=O) groups excluding carboxylic acids is 1. The molecular weight excluding hydrogens is 344 g/mol. The molecule has 1 amide bonds. The number of para-hydroxylation sites is 1. The van der Waals surface area contributed by atoms with Crippen molar-refractivity contribution in [3.8, 4) is 22.8 Å². The molecule has 0 unspecified atom stereocenters. The van der Waals surface area contributed by atoms with Gasteiger partial charge in [0.2, 0.25) is 0 Å². The maximum absolute atomic E-state index is 12.3. The van der Waals surface area contributed by atoms with Crippen molar-refractivity contribution >= 4 is 12.1 Å². The summed E-state index contributed by atoms with van der Waals surface area (Å²) in [6, 6.07) is 16.6. The largest absolute Gasteiger partial charge is 0.497 e. The zero-order valence-corrected chi connectivity index (χ0v) is 15.1. The van der Waals surface area contributed by atoms with Gasteiger partial charge in [-0.2, -0.15) is 10.2 Å². The minimum atomic E-state index is -0.387. The number of aromatic amines is 1. The van der Waals surface area contributed by atoms with Gasteiger partial charge in [-0.15, -0.1) is 0 Å². The molecule has 2 aromatic carbocycles. The molecule has 0 atom stereocenters. The average Bonchev–Trinajstić information content (AvgIpc) is 3.19. The molecule has 0 radical (unpaired) electrons. The van der Waals surface area contributed by atoms with Gasteiger partial charge in [0.05, 0.1) is 25.6 Å². The van der Waals surface area contributed by atoms with Crippen LogP contribution in [0.1, 0.15) is 23.0 Å². The maximum Gasteiger partial charge on any atom is 0.289 e. The topological polar surface area (TPSA) is 88.6 Å². The van der Waals surface area contributed by atoms with E-state index in [-0.39, 0.29) is 5.91 Å². The van der Waals surface area contributed by atoms with E-state index in [0.717, 1.165) is 22.6 Å². The molecule has 2 N–H and O–H groups in total. The lowest BCUT2D eigenvalue weighted by molar-refractivity contribution is 0.0950. The maximum atomic E-state index is 12.3. The van der Waals surface area contributed by atoms with Gasteiger partial charge < -0.3 is 9.47 Å². The van der Waals surface area contributed by atoms with Gasteiger partial charge >= 0.3 is 0 Å². The number of hydrazone groups is 1. The zero-order chi connectivity index (χ0) is 19.1. The van der Waals surface area contributed by atoms with Gasteiger partial charge in [-0.25, -0.2) is 5.43 Å². The van der Waals surface area contributed by atoms with Gasteiger partial charge in [-0.3, -0.25) is 9.89 Å². The van der Waals surface area contributed by atoms with Gasteiger partial charge in [-0.05, 0) is 42.8 Å². The van der Waals surface area contributed by atoms with E-state index in [9.17, 15) is 4.79 Å². The number of ether oxygens (including phenoxy) is 2. The lowest BCUT2D eigenvalue weighted by Crippen LogP contribution is -2.18. The Morgan fingerprint density at radius 2 is 2.07 bits per heavy atom. The Bertz CT molecular complexity index is 950. The summed E-state index contributed by atoms with van der Waals surface area (Å²) >= 11 is 0. The van der Waals surface area contributed by atoms with Crippen molar-refractivity contribution in [1.29, 1.82) is 0 Å². The third-order valence-corrected chi connectivity index (χ3v) is 3.76. The summed E-state index contributed by atoms with van der Waals surface area (Å²) in [6.45, 7) is 2.47. The number of amides is 1. The number of benzene rings is 2. The molecule has 0 spiro atoms. The van der Waals surface area contributed by atoms with E-state index >= 15 is 0 Å². The molecule has 7 nitrogen and oxygen atoms in total. The molecule has 1 aromatic heterocycles. The van der Waals surface area contributed by atoms with E-state index in [1.807, 2.05) is 55.5 Å². The van der Waals surface area contributed by atoms with E-state index in [1.54, 1.807) is 19.4 Å². The fraction of sp³-hybridized carbons (Fsp3) is 0.150. The average molecular weight is 364 g/mol. The Labute approximate surface area is 157 Å². The van der Waals surface area contributed by atoms with Crippen LogP contribution in [0.4, 0.5) is 0 Å². The predicted octanol–water partition coefficient (Wildman–Crippen LogP) is 3.25. The molecule has 0 saturated carbocycles. The number of H-pyrrole nitrogens is 1. The molecule has 0 aliphatic carbocycles. The molecule has 3 aromatic rings. The molecule has 7 heteroatoms. The van der Waals surface area contributed by atoms with Gasteiger partial charge in [0.15, 0.2) is 0 Å². The molecule has 3 rings (SSSR count). The van der Waals surface area contributed by atoms with E-state index in [0.29, 0.717) is 18.0 Å². The summed E-state index contributed by atoms with van der Waals surface area (Å²) in [6.07, 6.45) is 1.54. The number of carbonyl (C=O) groups is 1.